The highest BCUT2D eigenvalue weighted by molar-refractivity contribution is 5.79. The second-order valence-electron chi connectivity index (χ2n) is 2.26. The van der Waals surface area contributed by atoms with Crippen molar-refractivity contribution in [1.29, 1.82) is 0 Å². The third kappa shape index (κ3) is 2.42. The molecule has 0 aliphatic heterocycles. The summed E-state index contributed by atoms with van der Waals surface area (Å²) in [4.78, 5) is 4.50. The summed E-state index contributed by atoms with van der Waals surface area (Å²) in [5, 5.41) is 3.53. The number of hydrogen-bond acceptors (Lipinski definition) is 2. The predicted molar refractivity (Wildman–Crippen MR) is 44.7 cm³/mol. The van der Waals surface area contributed by atoms with Crippen molar-refractivity contribution < 1.29 is 4.84 Å². The summed E-state index contributed by atoms with van der Waals surface area (Å²) in [5.74, 6) is 0. The number of hydrogen-bond donors (Lipinski definition) is 0. The van der Waals surface area contributed by atoms with E-state index in [1.165, 1.54) is 12.7 Å². The first-order valence-electron chi connectivity index (χ1n) is 3.39. The van der Waals surface area contributed by atoms with Crippen molar-refractivity contribution in [2.75, 3.05) is 7.11 Å². The highest BCUT2D eigenvalue weighted by Gasteiger charge is 1.87. The van der Waals surface area contributed by atoms with E-state index < -0.39 is 0 Å². The van der Waals surface area contributed by atoms with Gasteiger partial charge in [-0.15, -0.1) is 0 Å². The van der Waals surface area contributed by atoms with Gasteiger partial charge in [-0.3, -0.25) is 0 Å². The van der Waals surface area contributed by atoms with Crippen LogP contribution in [0.15, 0.2) is 29.4 Å². The Kier molecular flexibility index (Phi) is 2.66. The minimum Gasteiger partial charge on any atom is -0.399 e. The van der Waals surface area contributed by atoms with Crippen molar-refractivity contribution in [2.45, 2.75) is 6.92 Å². The lowest BCUT2D eigenvalue weighted by Crippen LogP contribution is -1.82. The fourth-order valence-corrected chi connectivity index (χ4v) is 0.813. The van der Waals surface area contributed by atoms with Crippen molar-refractivity contribution in [2.24, 2.45) is 5.16 Å². The molecule has 0 aliphatic rings. The molecule has 0 spiro atoms. The first-order chi connectivity index (χ1) is 5.33. The average Bonchev–Trinajstić information content (AvgIpc) is 2.01. The van der Waals surface area contributed by atoms with Gasteiger partial charge in [0.25, 0.3) is 0 Å². The van der Waals surface area contributed by atoms with E-state index in [1.54, 1.807) is 0 Å². The zero-order chi connectivity index (χ0) is 8.10. The molecule has 0 unspecified atom stereocenters. The molecule has 0 atom stereocenters. The monoisotopic (exact) mass is 148 g/mol. The highest BCUT2D eigenvalue weighted by atomic mass is 16.6. The van der Waals surface area contributed by atoms with Gasteiger partial charge in [-0.1, -0.05) is 28.9 Å². The topological polar surface area (TPSA) is 21.6 Å². The van der Waals surface area contributed by atoms with Crippen LogP contribution >= 0.6 is 0 Å². The normalized spacial score (nSPS) is 10.4. The van der Waals surface area contributed by atoms with Gasteiger partial charge in [0.15, 0.2) is 0 Å². The van der Waals surface area contributed by atoms with E-state index >= 15 is 0 Å². The molecule has 1 aromatic carbocycles. The van der Waals surface area contributed by atoms with Crippen LogP contribution in [-0.2, 0) is 4.84 Å². The van der Waals surface area contributed by atoms with E-state index in [1.807, 2.05) is 31.2 Å². The summed E-state index contributed by atoms with van der Waals surface area (Å²) < 4.78 is 0. The standard InChI is InChI=1S/C9H10NO/c1-8-4-3-5-9(6-8)7-10-11-2/h3-6H,1-2H3. The van der Waals surface area contributed by atoms with Crippen LogP contribution < -0.4 is 0 Å². The third-order valence-corrected chi connectivity index (χ3v) is 1.28. The van der Waals surface area contributed by atoms with E-state index in [4.69, 9.17) is 0 Å². The molecule has 11 heavy (non-hydrogen) atoms. The van der Waals surface area contributed by atoms with Gasteiger partial charge < -0.3 is 4.84 Å². The Balaban J connectivity index is 2.79. The van der Waals surface area contributed by atoms with Gasteiger partial charge in [0.05, 0.1) is 0 Å². The lowest BCUT2D eigenvalue weighted by atomic mass is 10.2. The van der Waals surface area contributed by atoms with Crippen molar-refractivity contribution in [1.82, 2.24) is 0 Å². The Morgan fingerprint density at radius 1 is 1.45 bits per heavy atom. The van der Waals surface area contributed by atoms with Crippen LogP contribution in [0.5, 0.6) is 0 Å². The van der Waals surface area contributed by atoms with Crippen molar-refractivity contribution in [3.05, 3.63) is 35.4 Å². The first-order valence-corrected chi connectivity index (χ1v) is 3.39. The van der Waals surface area contributed by atoms with Crippen LogP contribution in [0.4, 0.5) is 0 Å². The molecule has 0 fully saturated rings. The van der Waals surface area contributed by atoms with Crippen LogP contribution in [0.3, 0.4) is 0 Å². The van der Waals surface area contributed by atoms with E-state index in [0.717, 1.165) is 5.56 Å². The molecule has 0 aliphatic carbocycles. The van der Waals surface area contributed by atoms with Gasteiger partial charge in [-0.05, 0) is 13.0 Å². The minimum atomic E-state index is 0.937. The SMILES string of the molecule is CO/N=[C]\c1cccc(C)c1. The van der Waals surface area contributed by atoms with E-state index in [2.05, 4.69) is 16.2 Å². The van der Waals surface area contributed by atoms with Gasteiger partial charge in [-0.2, -0.15) is 0 Å². The molecule has 0 saturated carbocycles. The van der Waals surface area contributed by atoms with E-state index in [9.17, 15) is 0 Å². The minimum absolute atomic E-state index is 0.937. The van der Waals surface area contributed by atoms with Crippen molar-refractivity contribution in [3.8, 4) is 0 Å². The lowest BCUT2D eigenvalue weighted by molar-refractivity contribution is 0.215. The molecule has 1 aromatic rings. The molecule has 2 nitrogen and oxygen atoms in total. The van der Waals surface area contributed by atoms with Crippen LogP contribution in [0.2, 0.25) is 0 Å². The fraction of sp³-hybridized carbons (Fsp3) is 0.222. The lowest BCUT2D eigenvalue weighted by Gasteiger charge is -1.92. The Morgan fingerprint density at radius 2 is 2.27 bits per heavy atom. The summed E-state index contributed by atoms with van der Waals surface area (Å²) in [7, 11) is 1.50. The van der Waals surface area contributed by atoms with E-state index in [-0.39, 0.29) is 0 Å². The second kappa shape index (κ2) is 3.76. The number of nitrogens with zero attached hydrogens (tertiary/aromatic N) is 1. The molecule has 0 saturated heterocycles. The smallest absolute Gasteiger partial charge is 0.139 e. The van der Waals surface area contributed by atoms with E-state index in [0.29, 0.717) is 0 Å². The summed E-state index contributed by atoms with van der Waals surface area (Å²) in [5.41, 5.74) is 2.13. The molecule has 0 amide bonds. The number of rotatable bonds is 2. The van der Waals surface area contributed by atoms with Crippen LogP contribution in [0.1, 0.15) is 11.1 Å². The molecule has 0 N–H and O–H groups in total. The Labute approximate surface area is 66.5 Å². The molecule has 0 bridgehead atoms. The average molecular weight is 148 g/mol. The van der Waals surface area contributed by atoms with Crippen LogP contribution in [0, 0.1) is 6.92 Å². The van der Waals surface area contributed by atoms with Gasteiger partial charge in [0.2, 0.25) is 0 Å². The summed E-state index contributed by atoms with van der Waals surface area (Å²) in [6, 6.07) is 7.90. The molecule has 57 valence electrons. The highest BCUT2D eigenvalue weighted by Crippen LogP contribution is 2.00. The summed E-state index contributed by atoms with van der Waals surface area (Å²) >= 11 is 0. The molecular formula is C9H10NO. The third-order valence-electron chi connectivity index (χ3n) is 1.28. The Hall–Kier alpha value is -1.31. The summed E-state index contributed by atoms with van der Waals surface area (Å²) in [6.45, 7) is 2.03. The van der Waals surface area contributed by atoms with Crippen LogP contribution in [0.25, 0.3) is 0 Å². The first kappa shape index (κ1) is 7.79. The largest absolute Gasteiger partial charge is 0.399 e. The fourth-order valence-electron chi connectivity index (χ4n) is 0.813. The maximum atomic E-state index is 4.50. The molecule has 0 heterocycles. The Morgan fingerprint density at radius 3 is 2.91 bits per heavy atom. The molecule has 1 radical (unpaired) electrons. The Bertz CT molecular complexity index is 255. The summed E-state index contributed by atoms with van der Waals surface area (Å²) in [6.07, 6.45) is 2.74. The van der Waals surface area contributed by atoms with Gasteiger partial charge in [0, 0.05) is 5.56 Å². The van der Waals surface area contributed by atoms with Crippen molar-refractivity contribution in [3.63, 3.8) is 0 Å². The zero-order valence-electron chi connectivity index (χ0n) is 6.66. The maximum Gasteiger partial charge on any atom is 0.139 e. The van der Waals surface area contributed by atoms with Crippen molar-refractivity contribution >= 4 is 6.21 Å². The van der Waals surface area contributed by atoms with Crippen LogP contribution in [-0.4, -0.2) is 13.3 Å². The zero-order valence-corrected chi connectivity index (χ0v) is 6.66. The van der Waals surface area contributed by atoms with Gasteiger partial charge in [0.1, 0.15) is 13.3 Å². The number of aryl methyl sites for hydroxylation is 1. The van der Waals surface area contributed by atoms with Gasteiger partial charge >= 0.3 is 0 Å². The second-order valence-corrected chi connectivity index (χ2v) is 2.26. The molecule has 0 aromatic heterocycles. The predicted octanol–water partition coefficient (Wildman–Crippen LogP) is 1.85. The molecule has 2 heteroatoms. The van der Waals surface area contributed by atoms with Gasteiger partial charge in [-0.25, -0.2) is 0 Å². The number of benzene rings is 1. The maximum absolute atomic E-state index is 4.50. The molecular weight excluding hydrogens is 138 g/mol. The molecule has 1 rings (SSSR count). The quantitative estimate of drug-likeness (QED) is 0.463.